The number of hydrogen-bond donors (Lipinski definition) is 0. The third-order valence-corrected chi connectivity index (χ3v) is 3.24. The maximum Gasteiger partial charge on any atom is 0.342 e. The van der Waals surface area contributed by atoms with Crippen LogP contribution in [0.2, 0.25) is 0 Å². The Balaban J connectivity index is 3.03. The van der Waals surface area contributed by atoms with Crippen LogP contribution in [-0.4, -0.2) is 30.3 Å². The molecule has 0 N–H and O–H groups in total. The molecule has 1 rings (SSSR count). The van der Waals surface area contributed by atoms with Gasteiger partial charge in [-0.3, -0.25) is 9.59 Å². The van der Waals surface area contributed by atoms with Gasteiger partial charge < -0.3 is 14.2 Å². The summed E-state index contributed by atoms with van der Waals surface area (Å²) < 4.78 is 15.2. The predicted octanol–water partition coefficient (Wildman–Crippen LogP) is 2.43. The Hall–Kier alpha value is -2.11. The first kappa shape index (κ1) is 17.9. The molecule has 6 heteroatoms. The van der Waals surface area contributed by atoms with E-state index in [1.54, 1.807) is 13.0 Å². The fraction of sp³-hybridized carbons (Fsp3) is 0.562. The van der Waals surface area contributed by atoms with E-state index in [0.29, 0.717) is 11.1 Å². The molecule has 1 atom stereocenters. The summed E-state index contributed by atoms with van der Waals surface area (Å²) in [7, 11) is 0. The molecule has 1 heterocycles. The lowest BCUT2D eigenvalue weighted by atomic mass is 10.0. The van der Waals surface area contributed by atoms with Crippen molar-refractivity contribution in [1.29, 1.82) is 0 Å². The number of ether oxygens (including phenoxy) is 3. The van der Waals surface area contributed by atoms with Gasteiger partial charge >= 0.3 is 23.7 Å². The van der Waals surface area contributed by atoms with Crippen LogP contribution in [0.4, 0.5) is 0 Å². The maximum atomic E-state index is 12.0. The van der Waals surface area contributed by atoms with Gasteiger partial charge in [0, 0.05) is 19.4 Å². The Labute approximate surface area is 130 Å². The van der Waals surface area contributed by atoms with Crippen molar-refractivity contribution >= 4 is 17.9 Å². The lowest BCUT2D eigenvalue weighted by molar-refractivity contribution is -0.220. The molecule has 0 aromatic heterocycles. The van der Waals surface area contributed by atoms with Gasteiger partial charge in [-0.15, -0.1) is 0 Å². The summed E-state index contributed by atoms with van der Waals surface area (Å²) >= 11 is 0. The van der Waals surface area contributed by atoms with Gasteiger partial charge in [0.2, 0.25) is 0 Å². The third kappa shape index (κ3) is 4.44. The first-order valence-electron chi connectivity index (χ1n) is 7.26. The van der Waals surface area contributed by atoms with Gasteiger partial charge in [0.15, 0.2) is 6.61 Å². The van der Waals surface area contributed by atoms with Crippen LogP contribution in [0.25, 0.3) is 0 Å². The van der Waals surface area contributed by atoms with Gasteiger partial charge in [0.25, 0.3) is 0 Å². The molecule has 22 heavy (non-hydrogen) atoms. The van der Waals surface area contributed by atoms with Crippen molar-refractivity contribution in [1.82, 2.24) is 0 Å². The minimum absolute atomic E-state index is 0.324. The van der Waals surface area contributed by atoms with Crippen LogP contribution in [0.15, 0.2) is 23.3 Å². The Morgan fingerprint density at radius 2 is 1.95 bits per heavy atom. The van der Waals surface area contributed by atoms with E-state index < -0.39 is 23.7 Å². The number of allylic oxidation sites excluding steroid dienone is 1. The molecule has 1 aliphatic rings. The zero-order chi connectivity index (χ0) is 16.8. The number of carbonyl (C=O) groups is 3. The second kappa shape index (κ2) is 7.77. The molecule has 0 amide bonds. The van der Waals surface area contributed by atoms with E-state index >= 15 is 0 Å². The Morgan fingerprint density at radius 1 is 1.27 bits per heavy atom. The van der Waals surface area contributed by atoms with E-state index in [0.717, 1.165) is 19.3 Å². The molecule has 0 aromatic rings. The zero-order valence-corrected chi connectivity index (χ0v) is 13.4. The minimum atomic E-state index is -1.67. The zero-order valence-electron chi connectivity index (χ0n) is 13.4. The van der Waals surface area contributed by atoms with Crippen LogP contribution < -0.4 is 0 Å². The topological polar surface area (TPSA) is 78.9 Å². The van der Waals surface area contributed by atoms with Gasteiger partial charge in [-0.1, -0.05) is 31.9 Å². The van der Waals surface area contributed by atoms with Crippen molar-refractivity contribution in [2.24, 2.45) is 0 Å². The Kier molecular flexibility index (Phi) is 6.34. The second-order valence-electron chi connectivity index (χ2n) is 5.10. The number of unbranched alkanes of at least 4 members (excludes halogenated alkanes) is 2. The van der Waals surface area contributed by atoms with E-state index in [1.807, 2.05) is 6.08 Å². The van der Waals surface area contributed by atoms with Crippen LogP contribution in [-0.2, 0) is 28.6 Å². The molecule has 0 saturated heterocycles. The van der Waals surface area contributed by atoms with Crippen molar-refractivity contribution in [3.8, 4) is 0 Å². The highest BCUT2D eigenvalue weighted by Crippen LogP contribution is 2.35. The van der Waals surface area contributed by atoms with Crippen LogP contribution in [0.1, 0.15) is 47.0 Å². The smallest absolute Gasteiger partial charge is 0.342 e. The highest BCUT2D eigenvalue weighted by molar-refractivity contribution is 5.96. The summed E-state index contributed by atoms with van der Waals surface area (Å²) in [6.45, 7) is 5.77. The minimum Gasteiger partial charge on any atom is -0.457 e. The number of hydrogen-bond acceptors (Lipinski definition) is 6. The monoisotopic (exact) mass is 310 g/mol. The molecule has 1 unspecified atom stereocenters. The Morgan fingerprint density at radius 3 is 2.50 bits per heavy atom. The molecule has 122 valence electrons. The summed E-state index contributed by atoms with van der Waals surface area (Å²) in [6, 6.07) is 0. The van der Waals surface area contributed by atoms with Crippen LogP contribution >= 0.6 is 0 Å². The normalized spacial score (nSPS) is 21.2. The van der Waals surface area contributed by atoms with Crippen LogP contribution in [0.5, 0.6) is 0 Å². The molecule has 0 aliphatic carbocycles. The average Bonchev–Trinajstić information content (AvgIpc) is 2.65. The molecular weight excluding hydrogens is 288 g/mol. The van der Waals surface area contributed by atoms with E-state index in [4.69, 9.17) is 14.2 Å². The lowest BCUT2D eigenvalue weighted by Gasteiger charge is -2.27. The Bertz CT molecular complexity index is 517. The maximum absolute atomic E-state index is 12.0. The summed E-state index contributed by atoms with van der Waals surface area (Å²) in [5, 5.41) is 0. The van der Waals surface area contributed by atoms with Crippen molar-refractivity contribution in [3.05, 3.63) is 23.3 Å². The van der Waals surface area contributed by atoms with Gasteiger partial charge in [0.1, 0.15) is 0 Å². The fourth-order valence-corrected chi connectivity index (χ4v) is 2.05. The van der Waals surface area contributed by atoms with Gasteiger partial charge in [-0.05, 0) is 13.3 Å². The number of cyclic esters (lactones) is 1. The van der Waals surface area contributed by atoms with E-state index in [2.05, 4.69) is 6.92 Å². The number of carbonyl (C=O) groups excluding carboxylic acids is 3. The van der Waals surface area contributed by atoms with Gasteiger partial charge in [0.05, 0.1) is 5.57 Å². The summed E-state index contributed by atoms with van der Waals surface area (Å²) in [6.07, 6.45) is 6.44. The standard InChI is InChI=1S/C16H22O6/c1-5-6-7-8-9-14-11(2)16(21-13(4)18,22-15(14)19)10-20-12(3)17/h8-9H,5-7,10H2,1-4H3/b9-8+. The molecule has 0 fully saturated rings. The summed E-state index contributed by atoms with van der Waals surface area (Å²) in [5.74, 6) is -3.45. The van der Waals surface area contributed by atoms with Crippen molar-refractivity contribution in [2.45, 2.75) is 52.7 Å². The molecule has 0 aromatic carbocycles. The molecular formula is C16H22O6. The molecule has 0 radical (unpaired) electrons. The largest absolute Gasteiger partial charge is 0.457 e. The molecule has 0 bridgehead atoms. The quantitative estimate of drug-likeness (QED) is 0.531. The van der Waals surface area contributed by atoms with Crippen molar-refractivity contribution in [2.75, 3.05) is 6.61 Å². The summed E-state index contributed by atoms with van der Waals surface area (Å²) in [5.41, 5.74) is 0.742. The number of rotatable bonds is 7. The highest BCUT2D eigenvalue weighted by atomic mass is 16.8. The molecule has 6 nitrogen and oxygen atoms in total. The first-order valence-corrected chi connectivity index (χ1v) is 7.26. The molecule has 1 aliphatic heterocycles. The van der Waals surface area contributed by atoms with Crippen LogP contribution in [0, 0.1) is 0 Å². The van der Waals surface area contributed by atoms with E-state index in [1.165, 1.54) is 13.8 Å². The highest BCUT2D eigenvalue weighted by Gasteiger charge is 2.49. The second-order valence-corrected chi connectivity index (χ2v) is 5.10. The van der Waals surface area contributed by atoms with Crippen molar-refractivity contribution in [3.63, 3.8) is 0 Å². The van der Waals surface area contributed by atoms with Crippen molar-refractivity contribution < 1.29 is 28.6 Å². The fourth-order valence-electron chi connectivity index (χ4n) is 2.05. The molecule has 0 saturated carbocycles. The van der Waals surface area contributed by atoms with E-state index in [9.17, 15) is 14.4 Å². The third-order valence-electron chi connectivity index (χ3n) is 3.24. The average molecular weight is 310 g/mol. The SMILES string of the molecule is CCCC/C=C/C1=C(C)C(COC(C)=O)(OC(C)=O)OC1=O. The van der Waals surface area contributed by atoms with Crippen LogP contribution in [0.3, 0.4) is 0 Å². The number of esters is 3. The van der Waals surface area contributed by atoms with Gasteiger partial charge in [-0.2, -0.15) is 0 Å². The predicted molar refractivity (Wildman–Crippen MR) is 78.6 cm³/mol. The first-order chi connectivity index (χ1) is 10.3. The molecule has 0 spiro atoms. The lowest BCUT2D eigenvalue weighted by Crippen LogP contribution is -2.42. The van der Waals surface area contributed by atoms with E-state index in [-0.39, 0.29) is 6.61 Å². The summed E-state index contributed by atoms with van der Waals surface area (Å²) in [4.78, 5) is 34.3. The van der Waals surface area contributed by atoms with Gasteiger partial charge in [-0.25, -0.2) is 4.79 Å².